The molecule has 1 saturated heterocycles. The van der Waals surface area contributed by atoms with Crippen molar-refractivity contribution in [3.05, 3.63) is 12.7 Å². The van der Waals surface area contributed by atoms with Gasteiger partial charge in [0.05, 0.1) is 12.7 Å². The second-order valence-corrected chi connectivity index (χ2v) is 1.55. The van der Waals surface area contributed by atoms with Crippen molar-refractivity contribution in [2.24, 2.45) is 0 Å². The Kier molecular flexibility index (Phi) is 8.91. The number of allylic oxidation sites excluding steroid dienone is 1. The molecule has 1 aliphatic rings. The van der Waals surface area contributed by atoms with Gasteiger partial charge in [-0.05, 0) is 13.8 Å². The van der Waals surface area contributed by atoms with E-state index in [4.69, 9.17) is 4.74 Å². The molecule has 1 atom stereocenters. The van der Waals surface area contributed by atoms with Crippen LogP contribution in [0.1, 0.15) is 21.3 Å². The van der Waals surface area contributed by atoms with Gasteiger partial charge in [-0.2, -0.15) is 0 Å². The number of hydrogen-bond acceptors (Lipinski definition) is 1. The van der Waals surface area contributed by atoms with Gasteiger partial charge in [-0.3, -0.25) is 0 Å². The fourth-order valence-electron chi connectivity index (χ4n) is 0.0962. The second kappa shape index (κ2) is 6.70. The molecule has 1 heterocycles. The SMILES string of the molecule is C.C=CC.CC1CO1. The average Bonchev–Trinajstić information content (AvgIpc) is 2.25. The van der Waals surface area contributed by atoms with Gasteiger partial charge in [-0.15, -0.1) is 6.58 Å². The number of ether oxygens (including phenoxy) is 1. The quantitative estimate of drug-likeness (QED) is 0.349. The molecule has 1 nitrogen and oxygen atoms in total. The molecule has 1 fully saturated rings. The fraction of sp³-hybridized carbons (Fsp3) is 0.714. The minimum absolute atomic E-state index is 0. The zero-order valence-corrected chi connectivity index (χ0v) is 4.98. The van der Waals surface area contributed by atoms with Crippen molar-refractivity contribution < 1.29 is 4.74 Å². The third kappa shape index (κ3) is 17.3. The summed E-state index contributed by atoms with van der Waals surface area (Å²) in [6.07, 6.45) is 2.33. The Morgan fingerprint density at radius 3 is 1.88 bits per heavy atom. The molecule has 1 rings (SSSR count). The zero-order valence-electron chi connectivity index (χ0n) is 4.98. The molecule has 1 heteroatoms. The van der Waals surface area contributed by atoms with Crippen LogP contribution >= 0.6 is 0 Å². The van der Waals surface area contributed by atoms with Crippen molar-refractivity contribution in [2.75, 3.05) is 6.61 Å². The van der Waals surface area contributed by atoms with Crippen LogP contribution in [0.3, 0.4) is 0 Å². The summed E-state index contributed by atoms with van der Waals surface area (Å²) in [5.74, 6) is 0. The average molecular weight is 116 g/mol. The van der Waals surface area contributed by atoms with Crippen molar-refractivity contribution in [1.29, 1.82) is 0 Å². The molecule has 0 aromatic heterocycles. The van der Waals surface area contributed by atoms with Crippen LogP contribution in [0.25, 0.3) is 0 Å². The molecule has 0 aliphatic carbocycles. The van der Waals surface area contributed by atoms with Crippen molar-refractivity contribution >= 4 is 0 Å². The van der Waals surface area contributed by atoms with Gasteiger partial charge < -0.3 is 4.74 Å². The number of hydrogen-bond donors (Lipinski definition) is 0. The molecule has 0 spiro atoms. The van der Waals surface area contributed by atoms with E-state index in [1.54, 1.807) is 6.08 Å². The highest BCUT2D eigenvalue weighted by atomic mass is 16.6. The third-order valence-electron chi connectivity index (χ3n) is 0.500. The predicted molar refractivity (Wildman–Crippen MR) is 38.0 cm³/mol. The molecule has 0 bridgehead atoms. The summed E-state index contributed by atoms with van der Waals surface area (Å²) >= 11 is 0. The van der Waals surface area contributed by atoms with Crippen LogP contribution in [0.5, 0.6) is 0 Å². The Hall–Kier alpha value is -0.300. The Labute approximate surface area is 52.4 Å². The van der Waals surface area contributed by atoms with E-state index in [0.717, 1.165) is 6.61 Å². The molecular weight excluding hydrogens is 100 g/mol. The largest absolute Gasteiger partial charge is 0.373 e. The lowest BCUT2D eigenvalue weighted by molar-refractivity contribution is 0.423. The molecule has 0 aromatic carbocycles. The summed E-state index contributed by atoms with van der Waals surface area (Å²) in [5, 5.41) is 0. The van der Waals surface area contributed by atoms with E-state index in [1.165, 1.54) is 0 Å². The highest BCUT2D eigenvalue weighted by Crippen LogP contribution is 2.04. The minimum Gasteiger partial charge on any atom is -0.373 e. The van der Waals surface area contributed by atoms with Crippen LogP contribution < -0.4 is 0 Å². The van der Waals surface area contributed by atoms with E-state index >= 15 is 0 Å². The van der Waals surface area contributed by atoms with Gasteiger partial charge in [0.25, 0.3) is 0 Å². The molecule has 1 aliphatic heterocycles. The minimum atomic E-state index is 0. The Balaban J connectivity index is 0. The first kappa shape index (κ1) is 10.6. The monoisotopic (exact) mass is 116 g/mol. The summed E-state index contributed by atoms with van der Waals surface area (Å²) in [6.45, 7) is 8.29. The van der Waals surface area contributed by atoms with Crippen LogP contribution in [0.2, 0.25) is 0 Å². The van der Waals surface area contributed by atoms with E-state index in [0.29, 0.717) is 6.10 Å². The van der Waals surface area contributed by atoms with E-state index in [2.05, 4.69) is 13.5 Å². The lowest BCUT2D eigenvalue weighted by atomic mass is 10.6. The summed E-state index contributed by atoms with van der Waals surface area (Å²) in [6, 6.07) is 0. The Bertz CT molecular complexity index is 46.3. The first-order valence-electron chi connectivity index (χ1n) is 2.50. The second-order valence-electron chi connectivity index (χ2n) is 1.55. The number of rotatable bonds is 0. The predicted octanol–water partition coefficient (Wildman–Crippen LogP) is 2.23. The number of epoxide rings is 1. The zero-order chi connectivity index (χ0) is 5.70. The summed E-state index contributed by atoms with van der Waals surface area (Å²) in [4.78, 5) is 0. The molecule has 0 saturated carbocycles. The van der Waals surface area contributed by atoms with Gasteiger partial charge in [0.15, 0.2) is 0 Å². The molecule has 50 valence electrons. The first-order chi connectivity index (χ1) is 3.31. The lowest BCUT2D eigenvalue weighted by Crippen LogP contribution is -1.60. The maximum absolute atomic E-state index is 4.71. The van der Waals surface area contributed by atoms with Crippen LogP contribution in [0.4, 0.5) is 0 Å². The van der Waals surface area contributed by atoms with Crippen molar-refractivity contribution in [1.82, 2.24) is 0 Å². The summed E-state index contributed by atoms with van der Waals surface area (Å²) < 4.78 is 4.71. The van der Waals surface area contributed by atoms with Crippen molar-refractivity contribution in [3.8, 4) is 0 Å². The van der Waals surface area contributed by atoms with Gasteiger partial charge in [-0.1, -0.05) is 13.5 Å². The van der Waals surface area contributed by atoms with Crippen LogP contribution in [0, 0.1) is 0 Å². The van der Waals surface area contributed by atoms with Crippen molar-refractivity contribution in [2.45, 2.75) is 27.4 Å². The van der Waals surface area contributed by atoms with Gasteiger partial charge in [0, 0.05) is 0 Å². The maximum Gasteiger partial charge on any atom is 0.0781 e. The molecule has 0 amide bonds. The summed E-state index contributed by atoms with van der Waals surface area (Å²) in [5.41, 5.74) is 0. The maximum atomic E-state index is 4.71. The van der Waals surface area contributed by atoms with Gasteiger partial charge in [0.2, 0.25) is 0 Å². The smallest absolute Gasteiger partial charge is 0.0781 e. The van der Waals surface area contributed by atoms with Gasteiger partial charge >= 0.3 is 0 Å². The first-order valence-corrected chi connectivity index (χ1v) is 2.50. The molecular formula is C7H16O. The van der Waals surface area contributed by atoms with E-state index in [-0.39, 0.29) is 7.43 Å². The van der Waals surface area contributed by atoms with Crippen LogP contribution in [-0.2, 0) is 4.74 Å². The molecule has 8 heavy (non-hydrogen) atoms. The fourth-order valence-corrected chi connectivity index (χ4v) is 0.0962. The van der Waals surface area contributed by atoms with Crippen LogP contribution in [0.15, 0.2) is 12.7 Å². The van der Waals surface area contributed by atoms with E-state index in [1.807, 2.05) is 6.92 Å². The lowest BCUT2D eigenvalue weighted by Gasteiger charge is -1.50. The third-order valence-corrected chi connectivity index (χ3v) is 0.500. The summed E-state index contributed by atoms with van der Waals surface area (Å²) in [7, 11) is 0. The van der Waals surface area contributed by atoms with Gasteiger partial charge in [-0.25, -0.2) is 0 Å². The van der Waals surface area contributed by atoms with Crippen LogP contribution in [-0.4, -0.2) is 12.7 Å². The van der Waals surface area contributed by atoms with E-state index in [9.17, 15) is 0 Å². The van der Waals surface area contributed by atoms with Gasteiger partial charge in [0.1, 0.15) is 0 Å². The molecule has 0 radical (unpaired) electrons. The highest BCUT2D eigenvalue weighted by Gasteiger charge is 2.13. The molecule has 0 N–H and O–H groups in total. The molecule has 1 unspecified atom stereocenters. The standard InChI is InChI=1S/C3H6O.C3H6.CH4/c1-3-2-4-3;1-3-2;/h3H,2H2,1H3;3H,1H2,2H3;1H4. The highest BCUT2D eigenvalue weighted by molar-refractivity contribution is 4.58. The molecule has 0 aromatic rings. The van der Waals surface area contributed by atoms with Crippen molar-refractivity contribution in [3.63, 3.8) is 0 Å². The topological polar surface area (TPSA) is 12.5 Å². The van der Waals surface area contributed by atoms with E-state index < -0.39 is 0 Å². The normalized spacial score (nSPS) is 21.5. The Morgan fingerprint density at radius 1 is 1.75 bits per heavy atom. The Morgan fingerprint density at radius 2 is 1.88 bits per heavy atom.